The number of nitrogens with zero attached hydrogens (tertiary/aromatic N) is 3. The molecule has 6 heteroatoms. The summed E-state index contributed by atoms with van der Waals surface area (Å²) in [5.74, 6) is -0.272. The van der Waals surface area contributed by atoms with E-state index in [-0.39, 0.29) is 5.82 Å². The van der Waals surface area contributed by atoms with Crippen LogP contribution in [-0.2, 0) is 6.54 Å². The van der Waals surface area contributed by atoms with E-state index in [1.54, 1.807) is 40.7 Å². The highest BCUT2D eigenvalue weighted by Crippen LogP contribution is 2.26. The zero-order valence-corrected chi connectivity index (χ0v) is 12.9. The topological polar surface area (TPSA) is 42.7 Å². The van der Waals surface area contributed by atoms with E-state index in [0.29, 0.717) is 12.2 Å². The van der Waals surface area contributed by atoms with Crippen LogP contribution < -0.4 is 5.32 Å². The molecule has 4 rings (SSSR count). The van der Waals surface area contributed by atoms with Crippen LogP contribution in [-0.4, -0.2) is 14.5 Å². The first kappa shape index (κ1) is 13.9. The van der Waals surface area contributed by atoms with Gasteiger partial charge in [-0.2, -0.15) is 0 Å². The molecule has 1 N–H and O–H groups in total. The third kappa shape index (κ3) is 2.80. The summed E-state index contributed by atoms with van der Waals surface area (Å²) in [4.78, 5) is 8.45. The van der Waals surface area contributed by atoms with Crippen LogP contribution in [0, 0.1) is 5.82 Å². The molecule has 2 aromatic heterocycles. The summed E-state index contributed by atoms with van der Waals surface area (Å²) >= 11 is 1.59. The molecule has 114 valence electrons. The average Bonchev–Trinajstić information content (AvgIpc) is 3.22. The van der Waals surface area contributed by atoms with Crippen molar-refractivity contribution in [2.75, 3.05) is 5.32 Å². The zero-order chi connectivity index (χ0) is 15.6. The van der Waals surface area contributed by atoms with Gasteiger partial charge in [0.05, 0.1) is 22.2 Å². The van der Waals surface area contributed by atoms with Crippen molar-refractivity contribution >= 4 is 26.7 Å². The fourth-order valence-electron chi connectivity index (χ4n) is 2.40. The molecule has 0 radical (unpaired) electrons. The number of aromatic nitrogens is 3. The molecule has 2 heterocycles. The van der Waals surface area contributed by atoms with Crippen LogP contribution >= 0.6 is 11.3 Å². The van der Waals surface area contributed by atoms with Gasteiger partial charge in [-0.1, -0.05) is 29.5 Å². The highest BCUT2D eigenvalue weighted by molar-refractivity contribution is 7.22. The van der Waals surface area contributed by atoms with Crippen LogP contribution in [0.4, 0.5) is 9.52 Å². The maximum atomic E-state index is 14.2. The average molecular weight is 324 g/mol. The van der Waals surface area contributed by atoms with Crippen molar-refractivity contribution in [1.29, 1.82) is 0 Å². The van der Waals surface area contributed by atoms with Crippen LogP contribution in [0.25, 0.3) is 15.9 Å². The van der Waals surface area contributed by atoms with E-state index in [4.69, 9.17) is 0 Å². The first-order chi connectivity index (χ1) is 11.3. The Morgan fingerprint density at radius 2 is 2.09 bits per heavy atom. The van der Waals surface area contributed by atoms with Gasteiger partial charge < -0.3 is 9.88 Å². The molecule has 0 atom stereocenters. The minimum atomic E-state index is -0.272. The minimum absolute atomic E-state index is 0.272. The number of hydrogen-bond acceptors (Lipinski definition) is 4. The highest BCUT2D eigenvalue weighted by atomic mass is 32.1. The van der Waals surface area contributed by atoms with Crippen molar-refractivity contribution in [2.45, 2.75) is 6.54 Å². The maximum absolute atomic E-state index is 14.2. The summed E-state index contributed by atoms with van der Waals surface area (Å²) in [5.41, 5.74) is 2.33. The van der Waals surface area contributed by atoms with Gasteiger partial charge >= 0.3 is 0 Å². The minimum Gasteiger partial charge on any atom is -0.357 e. The number of hydrogen-bond donors (Lipinski definition) is 1. The second kappa shape index (κ2) is 5.81. The summed E-state index contributed by atoms with van der Waals surface area (Å²) in [5, 5.41) is 4.09. The Morgan fingerprint density at radius 1 is 1.17 bits per heavy atom. The molecule has 0 aliphatic rings. The van der Waals surface area contributed by atoms with E-state index in [1.165, 1.54) is 6.07 Å². The van der Waals surface area contributed by atoms with E-state index < -0.39 is 0 Å². The summed E-state index contributed by atoms with van der Waals surface area (Å²) in [6.07, 6.45) is 4.93. The molecule has 4 aromatic rings. The number of fused-ring (bicyclic) bond motifs is 1. The SMILES string of the molecule is Fc1cc(CNc2nc3ccccc3s2)ccc1-n1ccnc1. The predicted octanol–water partition coefficient (Wildman–Crippen LogP) is 4.23. The molecule has 0 bridgehead atoms. The molecule has 0 aliphatic carbocycles. The van der Waals surface area contributed by atoms with E-state index in [2.05, 4.69) is 15.3 Å². The van der Waals surface area contributed by atoms with Crippen LogP contribution in [0.15, 0.2) is 61.2 Å². The second-order valence-electron chi connectivity index (χ2n) is 5.10. The zero-order valence-electron chi connectivity index (χ0n) is 12.1. The van der Waals surface area contributed by atoms with Gasteiger partial charge in [0.25, 0.3) is 0 Å². The molecule has 0 saturated heterocycles. The fourth-order valence-corrected chi connectivity index (χ4v) is 3.26. The van der Waals surface area contributed by atoms with E-state index in [9.17, 15) is 4.39 Å². The Bertz CT molecular complexity index is 913. The summed E-state index contributed by atoms with van der Waals surface area (Å²) < 4.78 is 17.0. The van der Waals surface area contributed by atoms with Gasteiger partial charge in [0.15, 0.2) is 5.13 Å². The van der Waals surface area contributed by atoms with Crippen molar-refractivity contribution in [1.82, 2.24) is 14.5 Å². The van der Waals surface area contributed by atoms with Crippen LogP contribution in [0.3, 0.4) is 0 Å². The summed E-state index contributed by atoms with van der Waals surface area (Å²) in [7, 11) is 0. The molecule has 0 spiro atoms. The lowest BCUT2D eigenvalue weighted by Crippen LogP contribution is -2.01. The van der Waals surface area contributed by atoms with Gasteiger partial charge in [0, 0.05) is 18.9 Å². The fraction of sp³-hybridized carbons (Fsp3) is 0.0588. The molecule has 4 nitrogen and oxygen atoms in total. The number of anilines is 1. The lowest BCUT2D eigenvalue weighted by molar-refractivity contribution is 0.616. The summed E-state index contributed by atoms with van der Waals surface area (Å²) in [6, 6.07) is 13.2. The highest BCUT2D eigenvalue weighted by Gasteiger charge is 2.07. The van der Waals surface area contributed by atoms with Gasteiger partial charge in [0.1, 0.15) is 5.82 Å². The molecule has 2 aromatic carbocycles. The molecular weight excluding hydrogens is 311 g/mol. The monoisotopic (exact) mass is 324 g/mol. The first-order valence-electron chi connectivity index (χ1n) is 7.16. The smallest absolute Gasteiger partial charge is 0.184 e. The number of thiazole rings is 1. The van der Waals surface area contributed by atoms with E-state index >= 15 is 0 Å². The van der Waals surface area contributed by atoms with Crippen LogP contribution in [0.2, 0.25) is 0 Å². The van der Waals surface area contributed by atoms with Gasteiger partial charge in [0.2, 0.25) is 0 Å². The molecule has 0 unspecified atom stereocenters. The normalized spacial score (nSPS) is 11.0. The number of benzene rings is 2. The quantitative estimate of drug-likeness (QED) is 0.611. The third-order valence-electron chi connectivity index (χ3n) is 3.53. The molecule has 0 fully saturated rings. The van der Waals surface area contributed by atoms with Gasteiger partial charge in [-0.3, -0.25) is 0 Å². The third-order valence-corrected chi connectivity index (χ3v) is 4.53. The van der Waals surface area contributed by atoms with Gasteiger partial charge in [-0.25, -0.2) is 14.4 Å². The Balaban J connectivity index is 1.51. The Hall–Kier alpha value is -2.73. The van der Waals surface area contributed by atoms with Crippen LogP contribution in [0.5, 0.6) is 0 Å². The molecule has 0 saturated carbocycles. The van der Waals surface area contributed by atoms with Crippen molar-refractivity contribution in [3.63, 3.8) is 0 Å². The van der Waals surface area contributed by atoms with Crippen molar-refractivity contribution in [3.8, 4) is 5.69 Å². The largest absolute Gasteiger partial charge is 0.357 e. The lowest BCUT2D eigenvalue weighted by atomic mass is 10.2. The Morgan fingerprint density at radius 3 is 2.87 bits per heavy atom. The van der Waals surface area contributed by atoms with Crippen LogP contribution in [0.1, 0.15) is 5.56 Å². The van der Waals surface area contributed by atoms with Crippen molar-refractivity contribution < 1.29 is 4.39 Å². The number of nitrogens with one attached hydrogen (secondary N) is 1. The summed E-state index contributed by atoms with van der Waals surface area (Å²) in [6.45, 7) is 0.529. The Kier molecular flexibility index (Phi) is 3.51. The molecular formula is C17H13FN4S. The number of rotatable bonds is 4. The molecule has 0 aliphatic heterocycles. The molecule has 0 amide bonds. The number of imidazole rings is 1. The standard InChI is InChI=1S/C17H13FN4S/c18-13-9-12(5-6-15(13)22-8-7-19-11-22)10-20-17-21-14-3-1-2-4-16(14)23-17/h1-9,11H,10H2,(H,20,21). The Labute approximate surface area is 136 Å². The van der Waals surface area contributed by atoms with Gasteiger partial charge in [-0.05, 0) is 29.8 Å². The molecule has 23 heavy (non-hydrogen) atoms. The number of halogens is 1. The van der Waals surface area contributed by atoms with Gasteiger partial charge in [-0.15, -0.1) is 0 Å². The first-order valence-corrected chi connectivity index (χ1v) is 7.97. The predicted molar refractivity (Wildman–Crippen MR) is 90.5 cm³/mol. The van der Waals surface area contributed by atoms with Crippen molar-refractivity contribution in [3.05, 3.63) is 72.6 Å². The van der Waals surface area contributed by atoms with Crippen molar-refractivity contribution in [2.24, 2.45) is 0 Å². The maximum Gasteiger partial charge on any atom is 0.184 e. The lowest BCUT2D eigenvalue weighted by Gasteiger charge is -2.07. The van der Waals surface area contributed by atoms with E-state index in [0.717, 1.165) is 20.9 Å². The number of para-hydroxylation sites is 1. The van der Waals surface area contributed by atoms with E-state index in [1.807, 2.05) is 30.3 Å². The second-order valence-corrected chi connectivity index (χ2v) is 6.13.